The third kappa shape index (κ3) is 5.53. The number of imide groups is 1. The lowest BCUT2D eigenvalue weighted by atomic mass is 9.93. The fourth-order valence-electron chi connectivity index (χ4n) is 3.59. The van der Waals surface area contributed by atoms with Crippen LogP contribution in [0.1, 0.15) is 44.2 Å². The van der Waals surface area contributed by atoms with Gasteiger partial charge in [-0.15, -0.1) is 0 Å². The van der Waals surface area contributed by atoms with E-state index in [0.717, 1.165) is 36.1 Å². The van der Waals surface area contributed by atoms with E-state index in [0.29, 0.717) is 24.2 Å². The summed E-state index contributed by atoms with van der Waals surface area (Å²) in [5.74, 6) is -0.121. The van der Waals surface area contributed by atoms with Crippen molar-refractivity contribution in [1.29, 1.82) is 5.26 Å². The third-order valence-corrected chi connectivity index (χ3v) is 5.50. The molecule has 5 heteroatoms. The number of unbranched alkanes of at least 4 members (excludes halogenated alkanes) is 2. The SMILES string of the molecule is CCCCCOc1ccc(/C=C2/C(=O)N(CCc3ccccc3)C(=O)C(C#N)=C2C)cc1. The van der Waals surface area contributed by atoms with E-state index in [9.17, 15) is 14.9 Å². The van der Waals surface area contributed by atoms with Crippen molar-refractivity contribution in [2.24, 2.45) is 0 Å². The van der Waals surface area contributed by atoms with Crippen LogP contribution in [0, 0.1) is 11.3 Å². The van der Waals surface area contributed by atoms with Crippen molar-refractivity contribution in [2.45, 2.75) is 39.5 Å². The van der Waals surface area contributed by atoms with E-state index >= 15 is 0 Å². The average molecular weight is 429 g/mol. The Balaban J connectivity index is 1.80. The van der Waals surface area contributed by atoms with Crippen molar-refractivity contribution in [3.8, 4) is 11.8 Å². The first kappa shape index (κ1) is 23.0. The molecule has 0 spiro atoms. The van der Waals surface area contributed by atoms with Gasteiger partial charge >= 0.3 is 0 Å². The summed E-state index contributed by atoms with van der Waals surface area (Å²) in [6.07, 6.45) is 5.57. The maximum atomic E-state index is 13.2. The maximum absolute atomic E-state index is 13.2. The highest BCUT2D eigenvalue weighted by atomic mass is 16.5. The second kappa shape index (κ2) is 11.1. The fraction of sp³-hybridized carbons (Fsp3) is 0.296. The molecule has 5 nitrogen and oxygen atoms in total. The zero-order valence-electron chi connectivity index (χ0n) is 18.6. The molecule has 0 unspecified atom stereocenters. The summed E-state index contributed by atoms with van der Waals surface area (Å²) < 4.78 is 5.74. The Hall–Kier alpha value is -3.65. The largest absolute Gasteiger partial charge is 0.494 e. The van der Waals surface area contributed by atoms with Crippen LogP contribution in [-0.2, 0) is 16.0 Å². The third-order valence-electron chi connectivity index (χ3n) is 5.50. The molecule has 2 amide bonds. The number of ether oxygens (including phenoxy) is 1. The normalized spacial score (nSPS) is 15.3. The topological polar surface area (TPSA) is 70.4 Å². The van der Waals surface area contributed by atoms with Crippen molar-refractivity contribution >= 4 is 17.9 Å². The quantitative estimate of drug-likeness (QED) is 0.317. The van der Waals surface area contributed by atoms with Gasteiger partial charge in [0.25, 0.3) is 11.8 Å². The molecule has 0 saturated heterocycles. The van der Waals surface area contributed by atoms with Crippen LogP contribution in [-0.4, -0.2) is 29.9 Å². The molecule has 0 fully saturated rings. The van der Waals surface area contributed by atoms with E-state index in [-0.39, 0.29) is 18.0 Å². The molecule has 0 aromatic heterocycles. The summed E-state index contributed by atoms with van der Waals surface area (Å²) in [4.78, 5) is 27.1. The molecule has 0 bridgehead atoms. The van der Waals surface area contributed by atoms with Gasteiger partial charge in [-0.3, -0.25) is 14.5 Å². The summed E-state index contributed by atoms with van der Waals surface area (Å²) in [6, 6.07) is 19.1. The molecular weight excluding hydrogens is 400 g/mol. The first-order chi connectivity index (χ1) is 15.5. The minimum Gasteiger partial charge on any atom is -0.494 e. The van der Waals surface area contributed by atoms with Gasteiger partial charge < -0.3 is 4.74 Å². The number of benzene rings is 2. The Morgan fingerprint density at radius 3 is 2.38 bits per heavy atom. The Kier molecular flexibility index (Phi) is 7.99. The monoisotopic (exact) mass is 428 g/mol. The molecule has 0 aliphatic carbocycles. The van der Waals surface area contributed by atoms with E-state index in [2.05, 4.69) is 6.92 Å². The molecule has 1 heterocycles. The summed E-state index contributed by atoms with van der Waals surface area (Å²) >= 11 is 0. The summed E-state index contributed by atoms with van der Waals surface area (Å²) in [6.45, 7) is 4.71. The second-order valence-corrected chi connectivity index (χ2v) is 7.79. The molecule has 0 atom stereocenters. The second-order valence-electron chi connectivity index (χ2n) is 7.79. The number of hydrogen-bond acceptors (Lipinski definition) is 4. The summed E-state index contributed by atoms with van der Waals surface area (Å²) in [5.41, 5.74) is 2.63. The number of carbonyl (C=O) groups is 2. The van der Waals surface area contributed by atoms with Crippen molar-refractivity contribution < 1.29 is 14.3 Å². The van der Waals surface area contributed by atoms with Crippen molar-refractivity contribution in [3.05, 3.63) is 82.4 Å². The Bertz CT molecular complexity index is 1060. The lowest BCUT2D eigenvalue weighted by Gasteiger charge is -2.27. The Morgan fingerprint density at radius 1 is 1.00 bits per heavy atom. The zero-order valence-corrected chi connectivity index (χ0v) is 18.6. The molecule has 1 aliphatic rings. The number of nitrogens with zero attached hydrogens (tertiary/aromatic N) is 2. The first-order valence-electron chi connectivity index (χ1n) is 11.0. The number of amides is 2. The molecule has 3 rings (SSSR count). The number of nitriles is 1. The van der Waals surface area contributed by atoms with Crippen LogP contribution in [0.15, 0.2) is 71.3 Å². The Labute approximate surface area is 189 Å². The van der Waals surface area contributed by atoms with E-state index in [4.69, 9.17) is 4.74 Å². The van der Waals surface area contributed by atoms with Gasteiger partial charge in [0, 0.05) is 12.1 Å². The number of rotatable bonds is 9. The van der Waals surface area contributed by atoms with Gasteiger partial charge in [-0.05, 0) is 54.7 Å². The smallest absolute Gasteiger partial charge is 0.271 e. The minimum atomic E-state index is -0.529. The molecule has 2 aromatic carbocycles. The van der Waals surface area contributed by atoms with Gasteiger partial charge in [-0.2, -0.15) is 5.26 Å². The lowest BCUT2D eigenvalue weighted by molar-refractivity contribution is -0.140. The van der Waals surface area contributed by atoms with Gasteiger partial charge in [0.15, 0.2) is 0 Å². The average Bonchev–Trinajstić information content (AvgIpc) is 2.81. The van der Waals surface area contributed by atoms with Crippen molar-refractivity contribution in [3.63, 3.8) is 0 Å². The standard InChI is InChI=1S/C27H28N2O3/c1-3-4-8-17-32-23-13-11-22(12-14-23)18-24-20(2)25(19-28)27(31)29(26(24)30)16-15-21-9-6-5-7-10-21/h5-7,9-14,18H,3-4,8,15-17H2,1-2H3/b24-18+. The van der Waals surface area contributed by atoms with Crippen LogP contribution < -0.4 is 4.74 Å². The lowest BCUT2D eigenvalue weighted by Crippen LogP contribution is -2.43. The van der Waals surface area contributed by atoms with Gasteiger partial charge in [-0.1, -0.05) is 62.2 Å². The highest BCUT2D eigenvalue weighted by Gasteiger charge is 2.35. The van der Waals surface area contributed by atoms with E-state index in [1.165, 1.54) is 4.90 Å². The predicted molar refractivity (Wildman–Crippen MR) is 125 cm³/mol. The van der Waals surface area contributed by atoms with E-state index < -0.39 is 5.91 Å². The Morgan fingerprint density at radius 2 is 1.72 bits per heavy atom. The fourth-order valence-corrected chi connectivity index (χ4v) is 3.59. The number of carbonyl (C=O) groups excluding carboxylic acids is 2. The molecule has 32 heavy (non-hydrogen) atoms. The zero-order chi connectivity index (χ0) is 22.9. The van der Waals surface area contributed by atoms with Crippen LogP contribution in [0.2, 0.25) is 0 Å². The van der Waals surface area contributed by atoms with Crippen LogP contribution in [0.25, 0.3) is 6.08 Å². The van der Waals surface area contributed by atoms with E-state index in [1.54, 1.807) is 13.0 Å². The van der Waals surface area contributed by atoms with Gasteiger partial charge in [0.1, 0.15) is 17.4 Å². The van der Waals surface area contributed by atoms with Gasteiger partial charge in [-0.25, -0.2) is 0 Å². The molecule has 0 saturated carbocycles. The molecule has 2 aromatic rings. The highest BCUT2D eigenvalue weighted by molar-refractivity contribution is 6.19. The maximum Gasteiger partial charge on any atom is 0.271 e. The highest BCUT2D eigenvalue weighted by Crippen LogP contribution is 2.27. The minimum absolute atomic E-state index is 0.0137. The molecule has 0 radical (unpaired) electrons. The molecular formula is C27H28N2O3. The van der Waals surface area contributed by atoms with Crippen LogP contribution >= 0.6 is 0 Å². The summed E-state index contributed by atoms with van der Waals surface area (Å²) in [7, 11) is 0. The number of hydrogen-bond donors (Lipinski definition) is 0. The van der Waals surface area contributed by atoms with Crippen molar-refractivity contribution in [2.75, 3.05) is 13.2 Å². The van der Waals surface area contributed by atoms with Crippen LogP contribution in [0.4, 0.5) is 0 Å². The van der Waals surface area contributed by atoms with Gasteiger partial charge in [0.2, 0.25) is 0 Å². The molecule has 1 aliphatic heterocycles. The van der Waals surface area contributed by atoms with Crippen molar-refractivity contribution in [1.82, 2.24) is 4.90 Å². The first-order valence-corrected chi connectivity index (χ1v) is 11.0. The van der Waals surface area contributed by atoms with Crippen LogP contribution in [0.5, 0.6) is 5.75 Å². The summed E-state index contributed by atoms with van der Waals surface area (Å²) in [5, 5.41) is 9.55. The van der Waals surface area contributed by atoms with Crippen LogP contribution in [0.3, 0.4) is 0 Å². The van der Waals surface area contributed by atoms with E-state index in [1.807, 2.05) is 60.7 Å². The predicted octanol–water partition coefficient (Wildman–Crippen LogP) is 5.09. The molecule has 0 N–H and O–H groups in total. The van der Waals surface area contributed by atoms with Gasteiger partial charge in [0.05, 0.1) is 6.61 Å². The molecule has 164 valence electrons.